The summed E-state index contributed by atoms with van der Waals surface area (Å²) in [6.45, 7) is 1.06. The van der Waals surface area contributed by atoms with E-state index in [4.69, 9.17) is 0 Å². The Hall–Kier alpha value is -1.72. The number of rotatable bonds is 2. The van der Waals surface area contributed by atoms with Gasteiger partial charge in [0.15, 0.2) is 17.3 Å². The lowest BCUT2D eigenvalue weighted by Gasteiger charge is -2.32. The van der Waals surface area contributed by atoms with Gasteiger partial charge in [-0.15, -0.1) is 0 Å². The molecule has 1 fully saturated rings. The van der Waals surface area contributed by atoms with Crippen LogP contribution in [0.15, 0.2) is 12.1 Å². The van der Waals surface area contributed by atoms with Gasteiger partial charge in [0.05, 0.1) is 4.92 Å². The molecule has 0 aromatic heterocycles. The fourth-order valence-corrected chi connectivity index (χ4v) is 1.52. The second kappa shape index (κ2) is 3.45. The zero-order valence-electron chi connectivity index (χ0n) is 7.74. The first-order chi connectivity index (χ1) is 7.11. The van der Waals surface area contributed by atoms with Crippen molar-refractivity contribution in [3.8, 4) is 0 Å². The van der Waals surface area contributed by atoms with Crippen LogP contribution in [0.4, 0.5) is 20.2 Å². The Morgan fingerprint density at radius 1 is 1.33 bits per heavy atom. The van der Waals surface area contributed by atoms with Crippen molar-refractivity contribution < 1.29 is 13.7 Å². The van der Waals surface area contributed by atoms with Gasteiger partial charge in [-0.3, -0.25) is 10.1 Å². The molecule has 1 aliphatic rings. The highest BCUT2D eigenvalue weighted by molar-refractivity contribution is 5.65. The van der Waals surface area contributed by atoms with Crippen molar-refractivity contribution in [3.63, 3.8) is 0 Å². The minimum absolute atomic E-state index is 0.230. The number of anilines is 1. The maximum Gasteiger partial charge on any atom is 0.295 e. The van der Waals surface area contributed by atoms with E-state index in [0.29, 0.717) is 13.1 Å². The molecular formula is C9H8F2N2O2. The van der Waals surface area contributed by atoms with Gasteiger partial charge in [-0.25, -0.2) is 8.78 Å². The van der Waals surface area contributed by atoms with Crippen LogP contribution in [0.25, 0.3) is 0 Å². The van der Waals surface area contributed by atoms with E-state index in [1.54, 1.807) is 0 Å². The van der Waals surface area contributed by atoms with Crippen molar-refractivity contribution in [2.24, 2.45) is 0 Å². The normalized spacial score (nSPS) is 14.9. The molecule has 4 nitrogen and oxygen atoms in total. The third kappa shape index (κ3) is 1.51. The molecule has 1 saturated heterocycles. The molecule has 1 aromatic carbocycles. The van der Waals surface area contributed by atoms with Gasteiger partial charge in [0.25, 0.3) is 5.69 Å². The van der Waals surface area contributed by atoms with Crippen LogP contribution < -0.4 is 4.90 Å². The molecule has 0 unspecified atom stereocenters. The van der Waals surface area contributed by atoms with Crippen molar-refractivity contribution in [1.82, 2.24) is 0 Å². The van der Waals surface area contributed by atoms with Gasteiger partial charge in [-0.1, -0.05) is 0 Å². The molecule has 0 spiro atoms. The quantitative estimate of drug-likeness (QED) is 0.559. The van der Waals surface area contributed by atoms with Crippen LogP contribution in [0.3, 0.4) is 0 Å². The van der Waals surface area contributed by atoms with Gasteiger partial charge < -0.3 is 4.90 Å². The molecule has 1 aliphatic heterocycles. The van der Waals surface area contributed by atoms with Crippen LogP contribution in [0.1, 0.15) is 6.42 Å². The van der Waals surface area contributed by atoms with Crippen LogP contribution >= 0.6 is 0 Å². The van der Waals surface area contributed by atoms with E-state index in [-0.39, 0.29) is 11.4 Å². The highest BCUT2D eigenvalue weighted by Gasteiger charge is 2.29. The topological polar surface area (TPSA) is 46.4 Å². The second-order valence-electron chi connectivity index (χ2n) is 3.33. The number of halogens is 2. The van der Waals surface area contributed by atoms with Gasteiger partial charge >= 0.3 is 0 Å². The van der Waals surface area contributed by atoms with E-state index in [2.05, 4.69) is 0 Å². The first-order valence-electron chi connectivity index (χ1n) is 4.48. The maximum absolute atomic E-state index is 13.4. The molecular weight excluding hydrogens is 206 g/mol. The Balaban J connectivity index is 2.54. The Bertz CT molecular complexity index is 419. The fourth-order valence-electron chi connectivity index (χ4n) is 1.52. The van der Waals surface area contributed by atoms with E-state index in [1.807, 2.05) is 0 Å². The number of nitrogens with zero attached hydrogens (tertiary/aromatic N) is 2. The standard InChI is InChI=1S/C9H8F2N2O2/c10-6-2-3-7(13(14)15)9(8(6)11)12-4-1-5-12/h2-3H,1,4-5H2. The summed E-state index contributed by atoms with van der Waals surface area (Å²) in [5.74, 6) is -2.19. The summed E-state index contributed by atoms with van der Waals surface area (Å²) in [6.07, 6.45) is 0.840. The fraction of sp³-hybridized carbons (Fsp3) is 0.333. The summed E-state index contributed by atoms with van der Waals surface area (Å²) in [4.78, 5) is 11.4. The number of hydrogen-bond acceptors (Lipinski definition) is 3. The average molecular weight is 214 g/mol. The minimum Gasteiger partial charge on any atom is -0.363 e. The molecule has 0 aliphatic carbocycles. The molecule has 6 heteroatoms. The molecule has 1 aromatic rings. The minimum atomic E-state index is -1.14. The van der Waals surface area contributed by atoms with Gasteiger partial charge in [-0.2, -0.15) is 0 Å². The average Bonchev–Trinajstić information content (AvgIpc) is 2.09. The largest absolute Gasteiger partial charge is 0.363 e. The zero-order chi connectivity index (χ0) is 11.0. The first-order valence-corrected chi connectivity index (χ1v) is 4.48. The highest BCUT2D eigenvalue weighted by atomic mass is 19.2. The van der Waals surface area contributed by atoms with Crippen LogP contribution in [0.5, 0.6) is 0 Å². The van der Waals surface area contributed by atoms with Crippen molar-refractivity contribution in [3.05, 3.63) is 33.9 Å². The third-order valence-electron chi connectivity index (χ3n) is 2.42. The zero-order valence-corrected chi connectivity index (χ0v) is 7.74. The lowest BCUT2D eigenvalue weighted by molar-refractivity contribution is -0.384. The van der Waals surface area contributed by atoms with E-state index in [0.717, 1.165) is 18.6 Å². The third-order valence-corrected chi connectivity index (χ3v) is 2.42. The van der Waals surface area contributed by atoms with E-state index in [1.165, 1.54) is 4.90 Å². The number of nitro groups is 1. The van der Waals surface area contributed by atoms with Crippen molar-refractivity contribution in [2.75, 3.05) is 18.0 Å². The Labute approximate surface area is 84.3 Å². The molecule has 0 saturated carbocycles. The molecule has 0 bridgehead atoms. The number of nitro benzene ring substituents is 1. The van der Waals surface area contributed by atoms with Crippen LogP contribution in [0, 0.1) is 21.7 Å². The maximum atomic E-state index is 13.4. The summed E-state index contributed by atoms with van der Waals surface area (Å²) in [7, 11) is 0. The molecule has 1 heterocycles. The molecule has 2 rings (SSSR count). The Morgan fingerprint density at radius 2 is 2.00 bits per heavy atom. The summed E-state index contributed by atoms with van der Waals surface area (Å²) < 4.78 is 26.3. The molecule has 0 radical (unpaired) electrons. The Morgan fingerprint density at radius 3 is 2.47 bits per heavy atom. The van der Waals surface area contributed by atoms with E-state index < -0.39 is 16.6 Å². The molecule has 0 N–H and O–H groups in total. The molecule has 0 amide bonds. The number of benzene rings is 1. The predicted molar refractivity (Wildman–Crippen MR) is 49.8 cm³/mol. The summed E-state index contributed by atoms with van der Waals surface area (Å²) in [5.41, 5.74) is -0.611. The van der Waals surface area contributed by atoms with E-state index in [9.17, 15) is 18.9 Å². The summed E-state index contributed by atoms with van der Waals surface area (Å²) in [5, 5.41) is 10.6. The first kappa shape index (κ1) is 9.82. The monoisotopic (exact) mass is 214 g/mol. The second-order valence-corrected chi connectivity index (χ2v) is 3.33. The van der Waals surface area contributed by atoms with Crippen LogP contribution in [0.2, 0.25) is 0 Å². The van der Waals surface area contributed by atoms with Gasteiger partial charge in [0.2, 0.25) is 0 Å². The molecule has 0 atom stereocenters. The van der Waals surface area contributed by atoms with E-state index >= 15 is 0 Å². The van der Waals surface area contributed by atoms with Crippen molar-refractivity contribution in [1.29, 1.82) is 0 Å². The molecule has 15 heavy (non-hydrogen) atoms. The highest BCUT2D eigenvalue weighted by Crippen LogP contribution is 2.34. The van der Waals surface area contributed by atoms with Crippen molar-refractivity contribution >= 4 is 11.4 Å². The lowest BCUT2D eigenvalue weighted by Crippen LogP contribution is -2.38. The van der Waals surface area contributed by atoms with Crippen LogP contribution in [-0.2, 0) is 0 Å². The Kier molecular flexibility index (Phi) is 2.26. The van der Waals surface area contributed by atoms with Gasteiger partial charge in [0, 0.05) is 19.2 Å². The summed E-state index contributed by atoms with van der Waals surface area (Å²) in [6, 6.07) is 1.77. The summed E-state index contributed by atoms with van der Waals surface area (Å²) >= 11 is 0. The van der Waals surface area contributed by atoms with Crippen LogP contribution in [-0.4, -0.2) is 18.0 Å². The lowest BCUT2D eigenvalue weighted by atomic mass is 10.1. The SMILES string of the molecule is O=[N+]([O-])c1ccc(F)c(F)c1N1CCC1. The smallest absolute Gasteiger partial charge is 0.295 e. The van der Waals surface area contributed by atoms with Crippen molar-refractivity contribution in [2.45, 2.75) is 6.42 Å². The molecule has 80 valence electrons. The van der Waals surface area contributed by atoms with Gasteiger partial charge in [-0.05, 0) is 12.5 Å². The number of hydrogen-bond donors (Lipinski definition) is 0. The van der Waals surface area contributed by atoms with Gasteiger partial charge in [0.1, 0.15) is 0 Å². The predicted octanol–water partition coefficient (Wildman–Crippen LogP) is 2.08.